The van der Waals surface area contributed by atoms with Gasteiger partial charge in [-0.1, -0.05) is 41.9 Å². The van der Waals surface area contributed by atoms with Gasteiger partial charge in [-0.05, 0) is 17.7 Å². The summed E-state index contributed by atoms with van der Waals surface area (Å²) < 4.78 is 10.2. The van der Waals surface area contributed by atoms with E-state index in [0.29, 0.717) is 11.3 Å². The molecule has 2 aromatic rings. The number of rotatable bonds is 3. The molecule has 21 heavy (non-hydrogen) atoms. The van der Waals surface area contributed by atoms with Gasteiger partial charge in [-0.15, -0.1) is 0 Å². The zero-order valence-corrected chi connectivity index (χ0v) is 12.3. The van der Waals surface area contributed by atoms with Crippen LogP contribution in [0, 0.1) is 0 Å². The third-order valence-electron chi connectivity index (χ3n) is 2.64. The van der Waals surface area contributed by atoms with Crippen molar-refractivity contribution in [2.75, 3.05) is 0 Å². The topological polar surface area (TPSA) is 52.6 Å². The van der Waals surface area contributed by atoms with Crippen LogP contribution in [0.5, 0.6) is 11.5 Å². The van der Waals surface area contributed by atoms with Gasteiger partial charge < -0.3 is 9.47 Å². The maximum absolute atomic E-state index is 11.2. The summed E-state index contributed by atoms with van der Waals surface area (Å²) in [6.45, 7) is 2.60. The Morgan fingerprint density at radius 1 is 0.857 bits per heavy atom. The van der Waals surface area contributed by atoms with Crippen LogP contribution >= 0.6 is 11.6 Å². The predicted molar refractivity (Wildman–Crippen MR) is 79.5 cm³/mol. The molecule has 4 nitrogen and oxygen atoms in total. The van der Waals surface area contributed by atoms with Crippen LogP contribution in [0.2, 0.25) is 5.02 Å². The summed E-state index contributed by atoms with van der Waals surface area (Å²) in [5.41, 5.74) is 1.26. The lowest BCUT2D eigenvalue weighted by Gasteiger charge is -2.14. The molecule has 0 spiro atoms. The standard InChI is InChI=1S/C16H13ClO4/c1-10(18)20-13-8-9-14(21-11(2)19)16(17)15(13)12-6-4-3-5-7-12/h3-9H,1-2H3. The van der Waals surface area contributed by atoms with Crippen LogP contribution in [0.3, 0.4) is 0 Å². The number of hydrogen-bond acceptors (Lipinski definition) is 4. The van der Waals surface area contributed by atoms with Crippen molar-refractivity contribution in [3.63, 3.8) is 0 Å². The summed E-state index contributed by atoms with van der Waals surface area (Å²) in [5.74, 6) is -0.395. The minimum atomic E-state index is -0.476. The smallest absolute Gasteiger partial charge is 0.308 e. The quantitative estimate of drug-likeness (QED) is 0.638. The van der Waals surface area contributed by atoms with Crippen LogP contribution in [0.15, 0.2) is 42.5 Å². The van der Waals surface area contributed by atoms with Crippen molar-refractivity contribution in [3.8, 4) is 22.6 Å². The Morgan fingerprint density at radius 2 is 1.38 bits per heavy atom. The molecule has 0 saturated carbocycles. The van der Waals surface area contributed by atoms with E-state index in [2.05, 4.69) is 0 Å². The fraction of sp³-hybridized carbons (Fsp3) is 0.125. The molecule has 0 unspecified atom stereocenters. The number of benzene rings is 2. The summed E-state index contributed by atoms with van der Waals surface area (Å²) in [5, 5.41) is 0.218. The molecule has 2 rings (SSSR count). The zero-order valence-electron chi connectivity index (χ0n) is 11.6. The van der Waals surface area contributed by atoms with Crippen molar-refractivity contribution < 1.29 is 19.1 Å². The van der Waals surface area contributed by atoms with Gasteiger partial charge in [0.25, 0.3) is 0 Å². The Balaban J connectivity index is 2.60. The Kier molecular flexibility index (Phi) is 4.60. The van der Waals surface area contributed by atoms with Gasteiger partial charge in [0.15, 0.2) is 0 Å². The number of hydrogen-bond donors (Lipinski definition) is 0. The summed E-state index contributed by atoms with van der Waals surface area (Å²) >= 11 is 6.31. The average molecular weight is 305 g/mol. The molecule has 0 aliphatic heterocycles. The molecule has 0 radical (unpaired) electrons. The normalized spacial score (nSPS) is 10.0. The number of esters is 2. The Labute approximate surface area is 127 Å². The third kappa shape index (κ3) is 3.61. The Hall–Kier alpha value is -2.33. The van der Waals surface area contributed by atoms with Crippen LogP contribution in [0.25, 0.3) is 11.1 Å². The molecular formula is C16H13ClO4. The maximum atomic E-state index is 11.2. The second-order valence-corrected chi connectivity index (χ2v) is 4.68. The highest BCUT2D eigenvalue weighted by molar-refractivity contribution is 6.35. The van der Waals surface area contributed by atoms with Gasteiger partial charge in [0.2, 0.25) is 0 Å². The van der Waals surface area contributed by atoms with E-state index in [9.17, 15) is 9.59 Å². The highest BCUT2D eigenvalue weighted by Gasteiger charge is 2.17. The van der Waals surface area contributed by atoms with E-state index in [-0.39, 0.29) is 10.8 Å². The Bertz CT molecular complexity index is 680. The van der Waals surface area contributed by atoms with E-state index in [1.165, 1.54) is 19.9 Å². The molecule has 0 amide bonds. The van der Waals surface area contributed by atoms with Crippen molar-refractivity contribution in [1.82, 2.24) is 0 Å². The monoisotopic (exact) mass is 304 g/mol. The fourth-order valence-electron chi connectivity index (χ4n) is 1.89. The molecule has 0 atom stereocenters. The predicted octanol–water partition coefficient (Wildman–Crippen LogP) is 3.86. The molecule has 108 valence electrons. The molecule has 0 aliphatic rings. The summed E-state index contributed by atoms with van der Waals surface area (Å²) in [4.78, 5) is 22.3. The second-order valence-electron chi connectivity index (χ2n) is 4.30. The molecule has 2 aromatic carbocycles. The van der Waals surface area contributed by atoms with Crippen molar-refractivity contribution in [2.24, 2.45) is 0 Å². The first-order valence-corrected chi connectivity index (χ1v) is 6.61. The largest absolute Gasteiger partial charge is 0.426 e. The highest BCUT2D eigenvalue weighted by Crippen LogP contribution is 2.42. The van der Waals surface area contributed by atoms with Crippen LogP contribution in [0.1, 0.15) is 13.8 Å². The number of carbonyl (C=O) groups excluding carboxylic acids is 2. The van der Waals surface area contributed by atoms with Crippen LogP contribution in [-0.4, -0.2) is 11.9 Å². The van der Waals surface area contributed by atoms with Crippen molar-refractivity contribution in [1.29, 1.82) is 0 Å². The summed E-state index contributed by atoms with van der Waals surface area (Å²) in [6.07, 6.45) is 0. The third-order valence-corrected chi connectivity index (χ3v) is 3.01. The van der Waals surface area contributed by atoms with Crippen molar-refractivity contribution in [3.05, 3.63) is 47.5 Å². The van der Waals surface area contributed by atoms with E-state index in [1.54, 1.807) is 6.07 Å². The minimum Gasteiger partial charge on any atom is -0.426 e. The molecule has 0 saturated heterocycles. The van der Waals surface area contributed by atoms with Gasteiger partial charge in [-0.2, -0.15) is 0 Å². The lowest BCUT2D eigenvalue weighted by molar-refractivity contribution is -0.133. The highest BCUT2D eigenvalue weighted by atomic mass is 35.5. The first-order chi connectivity index (χ1) is 9.99. The summed E-state index contributed by atoms with van der Waals surface area (Å²) in [7, 11) is 0. The Morgan fingerprint density at radius 3 is 1.95 bits per heavy atom. The summed E-state index contributed by atoms with van der Waals surface area (Å²) in [6, 6.07) is 12.2. The van der Waals surface area contributed by atoms with E-state index in [1.807, 2.05) is 30.3 Å². The zero-order chi connectivity index (χ0) is 15.4. The van der Waals surface area contributed by atoms with Gasteiger partial charge in [0.1, 0.15) is 11.5 Å². The molecule has 0 heterocycles. The van der Waals surface area contributed by atoms with Gasteiger partial charge in [-0.3, -0.25) is 9.59 Å². The van der Waals surface area contributed by atoms with Gasteiger partial charge in [0, 0.05) is 19.4 Å². The lowest BCUT2D eigenvalue weighted by Crippen LogP contribution is -2.05. The van der Waals surface area contributed by atoms with E-state index in [0.717, 1.165) is 5.56 Å². The van der Waals surface area contributed by atoms with Crippen LogP contribution < -0.4 is 9.47 Å². The van der Waals surface area contributed by atoms with Gasteiger partial charge in [0.05, 0.1) is 5.02 Å². The molecule has 5 heteroatoms. The molecule has 0 bridgehead atoms. The van der Waals surface area contributed by atoms with Gasteiger partial charge in [-0.25, -0.2) is 0 Å². The number of ether oxygens (including phenoxy) is 2. The SMILES string of the molecule is CC(=O)Oc1ccc(OC(C)=O)c(-c2ccccc2)c1Cl. The second kappa shape index (κ2) is 6.41. The van der Waals surface area contributed by atoms with Crippen molar-refractivity contribution in [2.45, 2.75) is 13.8 Å². The lowest BCUT2D eigenvalue weighted by atomic mass is 10.0. The molecule has 0 aromatic heterocycles. The van der Waals surface area contributed by atoms with E-state index < -0.39 is 11.9 Å². The first kappa shape index (κ1) is 15.1. The van der Waals surface area contributed by atoms with Crippen LogP contribution in [-0.2, 0) is 9.59 Å². The minimum absolute atomic E-state index is 0.218. The average Bonchev–Trinajstić information content (AvgIpc) is 2.42. The molecule has 0 aliphatic carbocycles. The first-order valence-electron chi connectivity index (χ1n) is 6.24. The van der Waals surface area contributed by atoms with E-state index in [4.69, 9.17) is 21.1 Å². The number of carbonyl (C=O) groups is 2. The number of halogens is 1. The maximum Gasteiger partial charge on any atom is 0.308 e. The molecular weight excluding hydrogens is 292 g/mol. The molecule has 0 N–H and O–H groups in total. The molecule has 0 fully saturated rings. The van der Waals surface area contributed by atoms with Gasteiger partial charge >= 0.3 is 11.9 Å². The fourth-order valence-corrected chi connectivity index (χ4v) is 2.19. The van der Waals surface area contributed by atoms with Crippen molar-refractivity contribution >= 4 is 23.5 Å². The van der Waals surface area contributed by atoms with Crippen LogP contribution in [0.4, 0.5) is 0 Å². The van der Waals surface area contributed by atoms with E-state index >= 15 is 0 Å².